The Morgan fingerprint density at radius 2 is 2.03 bits per heavy atom. The summed E-state index contributed by atoms with van der Waals surface area (Å²) in [6.45, 7) is 0. The van der Waals surface area contributed by atoms with Gasteiger partial charge in [-0.15, -0.1) is 5.10 Å². The molecule has 0 aromatic carbocycles. The van der Waals surface area contributed by atoms with Gasteiger partial charge in [-0.25, -0.2) is 18.9 Å². The fourth-order valence-corrected chi connectivity index (χ4v) is 3.30. The molecule has 0 radical (unpaired) electrons. The van der Waals surface area contributed by atoms with Crippen molar-refractivity contribution < 1.29 is 9.18 Å². The van der Waals surface area contributed by atoms with Gasteiger partial charge in [-0.1, -0.05) is 0 Å². The van der Waals surface area contributed by atoms with Gasteiger partial charge in [0.2, 0.25) is 0 Å². The minimum Gasteiger partial charge on any atom is -0.385 e. The topological polar surface area (TPSA) is 118 Å². The van der Waals surface area contributed by atoms with Gasteiger partial charge in [0.25, 0.3) is 11.5 Å². The first kappa shape index (κ1) is 19.7. The maximum absolute atomic E-state index is 14.2. The molecule has 1 aliphatic rings. The number of rotatable bonds is 6. The molecule has 1 aliphatic carbocycles. The van der Waals surface area contributed by atoms with E-state index < -0.39 is 11.4 Å². The average molecular weight is 434 g/mol. The van der Waals surface area contributed by atoms with E-state index in [0.29, 0.717) is 17.2 Å². The van der Waals surface area contributed by atoms with E-state index in [1.54, 1.807) is 25.2 Å². The van der Waals surface area contributed by atoms with Crippen LogP contribution in [0.15, 0.2) is 53.7 Å². The van der Waals surface area contributed by atoms with E-state index in [1.165, 1.54) is 35.2 Å². The molecule has 5 rings (SSSR count). The van der Waals surface area contributed by atoms with Gasteiger partial charge in [0.1, 0.15) is 5.69 Å². The number of nitrogens with one attached hydrogen (secondary N) is 3. The zero-order chi connectivity index (χ0) is 22.2. The first-order valence-electron chi connectivity index (χ1n) is 10.0. The second kappa shape index (κ2) is 7.76. The van der Waals surface area contributed by atoms with E-state index in [-0.39, 0.29) is 29.1 Å². The number of nitrogens with zero attached hydrogens (tertiary/aromatic N) is 5. The summed E-state index contributed by atoms with van der Waals surface area (Å²) < 4.78 is 16.7. The number of hydrogen-bond donors (Lipinski definition) is 3. The standard InChI is InChI=1S/C21H19FN8O2/c1-23-15-10-17(28-30-16(11-25-19(15)30)20(31)26-12-6-7-12)27-14-5-3-9-29(21(14)32)18-13(22)4-2-8-24-18/h2-5,8-12,23H,6-7H2,1H3,(H,26,31)(H,27,28). The number of anilines is 3. The van der Waals surface area contributed by atoms with Crippen LogP contribution in [0.1, 0.15) is 23.3 Å². The van der Waals surface area contributed by atoms with Gasteiger partial charge in [-0.3, -0.25) is 14.2 Å². The minimum absolute atomic E-state index is 0.103. The van der Waals surface area contributed by atoms with Crippen molar-refractivity contribution in [3.05, 3.63) is 70.8 Å². The smallest absolute Gasteiger partial charge is 0.280 e. The summed E-state index contributed by atoms with van der Waals surface area (Å²) in [5.74, 6) is -0.682. The molecule has 4 aromatic heterocycles. The summed E-state index contributed by atoms with van der Waals surface area (Å²) in [6.07, 6.45) is 6.23. The third kappa shape index (κ3) is 3.53. The lowest BCUT2D eigenvalue weighted by molar-refractivity contribution is 0.0944. The van der Waals surface area contributed by atoms with Crippen LogP contribution in [-0.2, 0) is 0 Å². The van der Waals surface area contributed by atoms with Crippen LogP contribution in [0.2, 0.25) is 0 Å². The van der Waals surface area contributed by atoms with E-state index in [4.69, 9.17) is 0 Å². The van der Waals surface area contributed by atoms with Gasteiger partial charge in [-0.2, -0.15) is 0 Å². The van der Waals surface area contributed by atoms with Gasteiger partial charge < -0.3 is 16.0 Å². The highest BCUT2D eigenvalue weighted by molar-refractivity contribution is 5.94. The van der Waals surface area contributed by atoms with Gasteiger partial charge >= 0.3 is 0 Å². The van der Waals surface area contributed by atoms with Crippen LogP contribution in [0, 0.1) is 5.82 Å². The number of amides is 1. The van der Waals surface area contributed by atoms with E-state index in [2.05, 4.69) is 31.0 Å². The molecule has 0 atom stereocenters. The third-order valence-electron chi connectivity index (χ3n) is 5.06. The summed E-state index contributed by atoms with van der Waals surface area (Å²) in [5.41, 5.74) is 1.03. The average Bonchev–Trinajstić information content (AvgIpc) is 3.50. The fourth-order valence-electron chi connectivity index (χ4n) is 3.30. The maximum Gasteiger partial charge on any atom is 0.280 e. The molecule has 32 heavy (non-hydrogen) atoms. The van der Waals surface area contributed by atoms with Crippen LogP contribution in [0.4, 0.5) is 21.6 Å². The minimum atomic E-state index is -0.617. The molecule has 1 fully saturated rings. The van der Waals surface area contributed by atoms with E-state index >= 15 is 0 Å². The molecule has 1 amide bonds. The lowest BCUT2D eigenvalue weighted by Crippen LogP contribution is -2.27. The Balaban J connectivity index is 1.54. The van der Waals surface area contributed by atoms with Gasteiger partial charge in [-0.05, 0) is 37.1 Å². The van der Waals surface area contributed by atoms with Crippen molar-refractivity contribution in [2.45, 2.75) is 18.9 Å². The monoisotopic (exact) mass is 434 g/mol. The molecule has 11 heteroatoms. The number of hydrogen-bond acceptors (Lipinski definition) is 7. The van der Waals surface area contributed by atoms with Crippen LogP contribution in [0.5, 0.6) is 0 Å². The molecule has 10 nitrogen and oxygen atoms in total. The molecule has 0 bridgehead atoms. The lowest BCUT2D eigenvalue weighted by atomic mass is 10.3. The van der Waals surface area contributed by atoms with Crippen molar-refractivity contribution in [3.63, 3.8) is 0 Å². The highest BCUT2D eigenvalue weighted by Crippen LogP contribution is 2.23. The first-order valence-corrected chi connectivity index (χ1v) is 10.0. The van der Waals surface area contributed by atoms with Crippen LogP contribution < -0.4 is 21.5 Å². The van der Waals surface area contributed by atoms with Crippen LogP contribution in [0.25, 0.3) is 11.5 Å². The second-order valence-corrected chi connectivity index (χ2v) is 7.35. The van der Waals surface area contributed by atoms with Gasteiger partial charge in [0.05, 0.1) is 11.9 Å². The number of fused-ring (bicyclic) bond motifs is 1. The summed E-state index contributed by atoms with van der Waals surface area (Å²) in [5, 5.41) is 13.4. The summed E-state index contributed by atoms with van der Waals surface area (Å²) in [4.78, 5) is 33.8. The largest absolute Gasteiger partial charge is 0.385 e. The van der Waals surface area contributed by atoms with Crippen LogP contribution in [0.3, 0.4) is 0 Å². The van der Waals surface area contributed by atoms with E-state index in [0.717, 1.165) is 17.4 Å². The summed E-state index contributed by atoms with van der Waals surface area (Å²) >= 11 is 0. The summed E-state index contributed by atoms with van der Waals surface area (Å²) in [7, 11) is 1.72. The quantitative estimate of drug-likeness (QED) is 0.425. The zero-order valence-corrected chi connectivity index (χ0v) is 17.0. The number of aromatic nitrogens is 5. The Labute approximate surface area is 181 Å². The Kier molecular flexibility index (Phi) is 4.77. The van der Waals surface area contributed by atoms with Crippen molar-refractivity contribution >= 4 is 28.7 Å². The molecule has 0 saturated heterocycles. The maximum atomic E-state index is 14.2. The number of halogens is 1. The Bertz CT molecular complexity index is 1390. The van der Waals surface area contributed by atoms with Crippen molar-refractivity contribution in [2.75, 3.05) is 17.7 Å². The van der Waals surface area contributed by atoms with Gasteiger partial charge in [0.15, 0.2) is 28.8 Å². The van der Waals surface area contributed by atoms with Crippen LogP contribution >= 0.6 is 0 Å². The van der Waals surface area contributed by atoms with Crippen molar-refractivity contribution in [1.82, 2.24) is 29.5 Å². The number of imidazole rings is 1. The van der Waals surface area contributed by atoms with Gasteiger partial charge in [0, 0.05) is 31.5 Å². The van der Waals surface area contributed by atoms with Crippen molar-refractivity contribution in [1.29, 1.82) is 0 Å². The summed E-state index contributed by atoms with van der Waals surface area (Å²) in [6, 6.07) is 7.69. The van der Waals surface area contributed by atoms with E-state index in [9.17, 15) is 14.0 Å². The predicted molar refractivity (Wildman–Crippen MR) is 116 cm³/mol. The molecule has 1 saturated carbocycles. The number of carbonyl (C=O) groups is 1. The predicted octanol–water partition coefficient (Wildman–Crippen LogP) is 2.09. The lowest BCUT2D eigenvalue weighted by Gasteiger charge is -2.12. The Hall–Kier alpha value is -4.28. The Morgan fingerprint density at radius 1 is 1.19 bits per heavy atom. The molecular weight excluding hydrogens is 415 g/mol. The molecule has 162 valence electrons. The number of pyridine rings is 2. The normalized spacial score (nSPS) is 13.2. The SMILES string of the molecule is CNc1cc(Nc2cccn(-c3ncccc3F)c2=O)nn2c(C(=O)NC3CC3)cnc12. The van der Waals surface area contributed by atoms with Crippen molar-refractivity contribution in [2.24, 2.45) is 0 Å². The fraction of sp³-hybridized carbons (Fsp3) is 0.190. The molecular formula is C21H19FN8O2. The molecule has 4 aromatic rings. The molecule has 0 aliphatic heterocycles. The molecule has 4 heterocycles. The van der Waals surface area contributed by atoms with Crippen LogP contribution in [-0.4, -0.2) is 43.1 Å². The number of carbonyl (C=O) groups excluding carboxylic acids is 1. The molecule has 3 N–H and O–H groups in total. The zero-order valence-electron chi connectivity index (χ0n) is 17.0. The highest BCUT2D eigenvalue weighted by Gasteiger charge is 2.26. The molecule has 0 spiro atoms. The molecule has 0 unspecified atom stereocenters. The highest BCUT2D eigenvalue weighted by atomic mass is 19.1. The second-order valence-electron chi connectivity index (χ2n) is 7.35. The third-order valence-corrected chi connectivity index (χ3v) is 5.06. The first-order chi connectivity index (χ1) is 15.5. The van der Waals surface area contributed by atoms with Crippen molar-refractivity contribution in [3.8, 4) is 5.82 Å². The Morgan fingerprint density at radius 3 is 2.78 bits per heavy atom. The van der Waals surface area contributed by atoms with E-state index in [1.807, 2.05) is 0 Å².